The molecule has 0 fully saturated rings. The molecule has 1 amide bonds. The van der Waals surface area contributed by atoms with E-state index in [-0.39, 0.29) is 11.7 Å². The Hall–Kier alpha value is -1.88. The van der Waals surface area contributed by atoms with Crippen molar-refractivity contribution in [2.24, 2.45) is 0 Å². The Morgan fingerprint density at radius 2 is 2.00 bits per heavy atom. The largest absolute Gasteiger partial charge is 0.381 e. The summed E-state index contributed by atoms with van der Waals surface area (Å²) < 4.78 is 14.5. The fourth-order valence-electron chi connectivity index (χ4n) is 1.96. The van der Waals surface area contributed by atoms with E-state index in [1.165, 1.54) is 13.0 Å². The quantitative estimate of drug-likeness (QED) is 0.854. The highest BCUT2D eigenvalue weighted by Crippen LogP contribution is 2.22. The second kappa shape index (κ2) is 6.72. The van der Waals surface area contributed by atoms with Crippen molar-refractivity contribution in [3.05, 3.63) is 57.8 Å². The summed E-state index contributed by atoms with van der Waals surface area (Å²) in [5.74, 6) is -0.371. The number of halogens is 2. The van der Waals surface area contributed by atoms with Crippen molar-refractivity contribution in [3.8, 4) is 0 Å². The normalized spacial score (nSPS) is 10.3. The standard InChI is InChI=1S/C16H16BrFN2O/c1-10-3-5-14(20-11(2)21)8-16(10)19-9-12-7-13(17)4-6-15(12)18/h3-8,19H,9H2,1-2H3,(H,20,21). The fourth-order valence-corrected chi connectivity index (χ4v) is 2.37. The SMILES string of the molecule is CC(=O)Nc1ccc(C)c(NCc2cc(Br)ccc2F)c1. The van der Waals surface area contributed by atoms with Crippen LogP contribution in [0.25, 0.3) is 0 Å². The zero-order valence-corrected chi connectivity index (χ0v) is 13.4. The average Bonchev–Trinajstić information content (AvgIpc) is 2.42. The molecule has 5 heteroatoms. The van der Waals surface area contributed by atoms with Gasteiger partial charge in [0.1, 0.15) is 5.82 Å². The molecule has 0 bridgehead atoms. The Bertz CT molecular complexity index is 673. The van der Waals surface area contributed by atoms with Gasteiger partial charge in [-0.25, -0.2) is 4.39 Å². The van der Waals surface area contributed by atoms with Gasteiger partial charge >= 0.3 is 0 Å². The van der Waals surface area contributed by atoms with Gasteiger partial charge in [-0.1, -0.05) is 22.0 Å². The van der Waals surface area contributed by atoms with Crippen molar-refractivity contribution in [1.82, 2.24) is 0 Å². The van der Waals surface area contributed by atoms with Crippen LogP contribution in [0.2, 0.25) is 0 Å². The van der Waals surface area contributed by atoms with Crippen LogP contribution in [0.15, 0.2) is 40.9 Å². The molecular weight excluding hydrogens is 335 g/mol. The molecule has 21 heavy (non-hydrogen) atoms. The Kier molecular flexibility index (Phi) is 4.96. The van der Waals surface area contributed by atoms with Crippen LogP contribution >= 0.6 is 15.9 Å². The number of rotatable bonds is 4. The zero-order chi connectivity index (χ0) is 15.4. The van der Waals surface area contributed by atoms with Crippen molar-refractivity contribution in [3.63, 3.8) is 0 Å². The number of carbonyl (C=O) groups excluding carboxylic acids is 1. The van der Waals surface area contributed by atoms with Crippen molar-refractivity contribution < 1.29 is 9.18 Å². The summed E-state index contributed by atoms with van der Waals surface area (Å²) in [5.41, 5.74) is 3.18. The minimum Gasteiger partial charge on any atom is -0.381 e. The fraction of sp³-hybridized carbons (Fsp3) is 0.188. The van der Waals surface area contributed by atoms with Crippen molar-refractivity contribution >= 4 is 33.2 Å². The van der Waals surface area contributed by atoms with E-state index in [9.17, 15) is 9.18 Å². The molecule has 0 radical (unpaired) electrons. The van der Waals surface area contributed by atoms with Crippen LogP contribution in [0, 0.1) is 12.7 Å². The number of nitrogens with one attached hydrogen (secondary N) is 2. The van der Waals surface area contributed by atoms with E-state index in [1.807, 2.05) is 25.1 Å². The van der Waals surface area contributed by atoms with Crippen molar-refractivity contribution in [2.75, 3.05) is 10.6 Å². The smallest absolute Gasteiger partial charge is 0.221 e. The molecule has 3 nitrogen and oxygen atoms in total. The summed E-state index contributed by atoms with van der Waals surface area (Å²) >= 11 is 3.33. The second-order valence-electron chi connectivity index (χ2n) is 4.80. The zero-order valence-electron chi connectivity index (χ0n) is 11.8. The molecule has 2 aromatic rings. The molecule has 0 aliphatic heterocycles. The molecule has 0 atom stereocenters. The van der Waals surface area contributed by atoms with E-state index in [1.54, 1.807) is 12.1 Å². The third kappa shape index (κ3) is 4.29. The van der Waals surface area contributed by atoms with Crippen LogP contribution in [0.5, 0.6) is 0 Å². The third-order valence-corrected chi connectivity index (χ3v) is 3.53. The highest BCUT2D eigenvalue weighted by Gasteiger charge is 2.05. The lowest BCUT2D eigenvalue weighted by molar-refractivity contribution is -0.114. The maximum atomic E-state index is 13.7. The molecule has 2 N–H and O–H groups in total. The summed E-state index contributed by atoms with van der Waals surface area (Å²) in [4.78, 5) is 11.1. The van der Waals surface area contributed by atoms with Crippen LogP contribution in [-0.4, -0.2) is 5.91 Å². The van der Waals surface area contributed by atoms with Gasteiger partial charge in [0.25, 0.3) is 0 Å². The molecule has 0 aliphatic rings. The first-order valence-electron chi connectivity index (χ1n) is 6.52. The first kappa shape index (κ1) is 15.5. The lowest BCUT2D eigenvalue weighted by Gasteiger charge is -2.12. The van der Waals surface area contributed by atoms with Gasteiger partial charge in [-0.05, 0) is 42.8 Å². The van der Waals surface area contributed by atoms with E-state index in [0.29, 0.717) is 17.8 Å². The number of aryl methyl sites for hydroxylation is 1. The Morgan fingerprint density at radius 3 is 2.71 bits per heavy atom. The number of anilines is 2. The lowest BCUT2D eigenvalue weighted by Crippen LogP contribution is -2.07. The second-order valence-corrected chi connectivity index (χ2v) is 5.72. The Labute approximate surface area is 131 Å². The summed E-state index contributed by atoms with van der Waals surface area (Å²) in [5, 5.41) is 5.93. The number of amides is 1. The average molecular weight is 351 g/mol. The summed E-state index contributed by atoms with van der Waals surface area (Å²) in [6.45, 7) is 3.79. The van der Waals surface area contributed by atoms with E-state index in [4.69, 9.17) is 0 Å². The van der Waals surface area contributed by atoms with Crippen molar-refractivity contribution in [2.45, 2.75) is 20.4 Å². The number of carbonyl (C=O) groups is 1. The molecule has 2 rings (SSSR count). The molecule has 0 saturated heterocycles. The predicted molar refractivity (Wildman–Crippen MR) is 86.9 cm³/mol. The van der Waals surface area contributed by atoms with Gasteiger partial charge in [0.05, 0.1) is 0 Å². The van der Waals surface area contributed by atoms with Gasteiger partial charge in [0.2, 0.25) is 5.91 Å². The Morgan fingerprint density at radius 1 is 1.24 bits per heavy atom. The number of hydrogen-bond donors (Lipinski definition) is 2. The number of benzene rings is 2. The minimum absolute atomic E-state index is 0.122. The highest BCUT2D eigenvalue weighted by atomic mass is 79.9. The maximum absolute atomic E-state index is 13.7. The van der Waals surface area contributed by atoms with Gasteiger partial charge in [-0.3, -0.25) is 4.79 Å². The van der Waals surface area contributed by atoms with Gasteiger partial charge < -0.3 is 10.6 Å². The molecule has 0 aliphatic carbocycles. The molecule has 110 valence electrons. The summed E-state index contributed by atoms with van der Waals surface area (Å²) in [7, 11) is 0. The summed E-state index contributed by atoms with van der Waals surface area (Å²) in [6, 6.07) is 10.4. The van der Waals surface area contributed by atoms with Crippen LogP contribution < -0.4 is 10.6 Å². The first-order valence-corrected chi connectivity index (χ1v) is 7.31. The maximum Gasteiger partial charge on any atom is 0.221 e. The van der Waals surface area contributed by atoms with Crippen LogP contribution in [0.3, 0.4) is 0 Å². The minimum atomic E-state index is -0.249. The monoisotopic (exact) mass is 350 g/mol. The predicted octanol–water partition coefficient (Wildman–Crippen LogP) is 4.47. The van der Waals surface area contributed by atoms with Gasteiger partial charge in [-0.2, -0.15) is 0 Å². The van der Waals surface area contributed by atoms with E-state index in [2.05, 4.69) is 26.6 Å². The molecule has 0 aromatic heterocycles. The summed E-state index contributed by atoms with van der Waals surface area (Å²) in [6.07, 6.45) is 0. The first-order chi connectivity index (χ1) is 9.95. The number of hydrogen-bond acceptors (Lipinski definition) is 2. The van der Waals surface area contributed by atoms with E-state index < -0.39 is 0 Å². The third-order valence-electron chi connectivity index (χ3n) is 3.03. The molecule has 0 saturated carbocycles. The van der Waals surface area contributed by atoms with Gasteiger partial charge in [0, 0.05) is 34.9 Å². The molecule has 2 aromatic carbocycles. The molecular formula is C16H16BrFN2O. The van der Waals surface area contributed by atoms with E-state index in [0.717, 1.165) is 15.7 Å². The van der Waals surface area contributed by atoms with E-state index >= 15 is 0 Å². The lowest BCUT2D eigenvalue weighted by atomic mass is 10.1. The van der Waals surface area contributed by atoms with Crippen molar-refractivity contribution in [1.29, 1.82) is 0 Å². The highest BCUT2D eigenvalue weighted by molar-refractivity contribution is 9.10. The van der Waals surface area contributed by atoms with Gasteiger partial charge in [-0.15, -0.1) is 0 Å². The van der Waals surface area contributed by atoms with Crippen LogP contribution in [0.4, 0.5) is 15.8 Å². The molecule has 0 unspecified atom stereocenters. The van der Waals surface area contributed by atoms with Gasteiger partial charge in [0.15, 0.2) is 0 Å². The molecule has 0 spiro atoms. The molecule has 0 heterocycles. The Balaban J connectivity index is 2.15. The topological polar surface area (TPSA) is 41.1 Å². The van der Waals surface area contributed by atoms with Crippen LogP contribution in [0.1, 0.15) is 18.1 Å². The van der Waals surface area contributed by atoms with Crippen LogP contribution in [-0.2, 0) is 11.3 Å².